The molecule has 142 valence electrons. The van der Waals surface area contributed by atoms with Gasteiger partial charge in [-0.15, -0.1) is 0 Å². The molecule has 1 saturated carbocycles. The van der Waals surface area contributed by atoms with Crippen molar-refractivity contribution < 1.29 is 14.3 Å². The van der Waals surface area contributed by atoms with Crippen molar-refractivity contribution in [1.82, 2.24) is 19.4 Å². The molecule has 2 saturated heterocycles. The molecule has 0 aromatic carbocycles. The van der Waals surface area contributed by atoms with Gasteiger partial charge in [-0.1, -0.05) is 0 Å². The van der Waals surface area contributed by atoms with E-state index >= 15 is 0 Å². The van der Waals surface area contributed by atoms with Gasteiger partial charge in [0.2, 0.25) is 5.91 Å². The number of aryl methyl sites for hydroxylation is 1. The number of hydrogen-bond donors (Lipinski definition) is 0. The monoisotopic (exact) mass is 360 g/mol. The Labute approximate surface area is 154 Å². The second-order valence-corrected chi connectivity index (χ2v) is 7.77. The molecule has 1 unspecified atom stereocenters. The summed E-state index contributed by atoms with van der Waals surface area (Å²) in [6.45, 7) is 2.80. The highest BCUT2D eigenvalue weighted by Gasteiger charge is 2.41. The summed E-state index contributed by atoms with van der Waals surface area (Å²) < 4.78 is 7.26. The number of piperidine rings is 1. The van der Waals surface area contributed by atoms with E-state index in [4.69, 9.17) is 4.74 Å². The average Bonchev–Trinajstić information content (AvgIpc) is 3.44. The standard InChI is InChI=1S/C19H28N4O3/c1-21-10-8-20-17(21)19(25)22-9-2-3-16(13-22)23(18(24)14-4-5-14)15-6-11-26-12-7-15/h8,10,14-16H,2-7,9,11-13H2,1H3. The number of rotatable bonds is 4. The molecule has 0 bridgehead atoms. The van der Waals surface area contributed by atoms with Crippen LogP contribution in [-0.2, 0) is 16.6 Å². The van der Waals surface area contributed by atoms with Crippen LogP contribution in [0.15, 0.2) is 12.4 Å². The van der Waals surface area contributed by atoms with E-state index in [1.54, 1.807) is 17.0 Å². The number of aromatic nitrogens is 2. The second kappa shape index (κ2) is 7.39. The number of carbonyl (C=O) groups is 2. The molecule has 2 amide bonds. The zero-order valence-corrected chi connectivity index (χ0v) is 15.5. The third-order valence-electron chi connectivity index (χ3n) is 5.85. The molecule has 3 aliphatic rings. The van der Waals surface area contributed by atoms with E-state index in [0.717, 1.165) is 58.3 Å². The van der Waals surface area contributed by atoms with Crippen LogP contribution in [0.5, 0.6) is 0 Å². The van der Waals surface area contributed by atoms with Crippen LogP contribution in [0.25, 0.3) is 0 Å². The Balaban J connectivity index is 1.50. The fraction of sp³-hybridized carbons (Fsp3) is 0.737. The van der Waals surface area contributed by atoms with Crippen molar-refractivity contribution in [1.29, 1.82) is 0 Å². The molecule has 1 atom stereocenters. The van der Waals surface area contributed by atoms with Gasteiger partial charge in [-0.05, 0) is 38.5 Å². The first-order chi connectivity index (χ1) is 12.6. The van der Waals surface area contributed by atoms with Gasteiger partial charge in [0, 0.05) is 63.7 Å². The Morgan fingerprint density at radius 3 is 2.58 bits per heavy atom. The lowest BCUT2D eigenvalue weighted by Crippen LogP contribution is -2.56. The zero-order chi connectivity index (χ0) is 18.1. The molecule has 0 radical (unpaired) electrons. The minimum atomic E-state index is -0.0343. The van der Waals surface area contributed by atoms with Crippen LogP contribution < -0.4 is 0 Å². The molecule has 1 aromatic rings. The van der Waals surface area contributed by atoms with Crippen molar-refractivity contribution in [3.63, 3.8) is 0 Å². The molecule has 4 rings (SSSR count). The number of imidazole rings is 1. The highest BCUT2D eigenvalue weighted by atomic mass is 16.5. The molecule has 26 heavy (non-hydrogen) atoms. The Morgan fingerprint density at radius 2 is 1.92 bits per heavy atom. The van der Waals surface area contributed by atoms with Gasteiger partial charge >= 0.3 is 0 Å². The van der Waals surface area contributed by atoms with Crippen LogP contribution in [0.4, 0.5) is 0 Å². The maximum atomic E-state index is 13.0. The third-order valence-corrected chi connectivity index (χ3v) is 5.85. The molecule has 3 fully saturated rings. The molecule has 2 aliphatic heterocycles. The first-order valence-electron chi connectivity index (χ1n) is 9.81. The zero-order valence-electron chi connectivity index (χ0n) is 15.5. The van der Waals surface area contributed by atoms with E-state index in [1.165, 1.54) is 0 Å². The van der Waals surface area contributed by atoms with E-state index in [-0.39, 0.29) is 23.9 Å². The minimum absolute atomic E-state index is 0.0343. The quantitative estimate of drug-likeness (QED) is 0.815. The van der Waals surface area contributed by atoms with Gasteiger partial charge in [0.25, 0.3) is 5.91 Å². The predicted molar refractivity (Wildman–Crippen MR) is 95.5 cm³/mol. The summed E-state index contributed by atoms with van der Waals surface area (Å²) in [5.74, 6) is 0.941. The normalized spacial score (nSPS) is 24.5. The number of amides is 2. The smallest absolute Gasteiger partial charge is 0.289 e. The highest BCUT2D eigenvalue weighted by molar-refractivity contribution is 5.91. The maximum Gasteiger partial charge on any atom is 0.289 e. The molecular formula is C19H28N4O3. The van der Waals surface area contributed by atoms with E-state index < -0.39 is 0 Å². The lowest BCUT2D eigenvalue weighted by Gasteiger charge is -2.44. The van der Waals surface area contributed by atoms with Crippen molar-refractivity contribution in [2.45, 2.75) is 50.6 Å². The van der Waals surface area contributed by atoms with Crippen molar-refractivity contribution in [2.75, 3.05) is 26.3 Å². The third kappa shape index (κ3) is 3.49. The summed E-state index contributed by atoms with van der Waals surface area (Å²) in [5.41, 5.74) is 0. The van der Waals surface area contributed by atoms with Crippen LogP contribution in [-0.4, -0.2) is 69.6 Å². The summed E-state index contributed by atoms with van der Waals surface area (Å²) in [7, 11) is 1.84. The van der Waals surface area contributed by atoms with Gasteiger partial charge in [0.1, 0.15) is 0 Å². The molecule has 0 N–H and O–H groups in total. The van der Waals surface area contributed by atoms with E-state index in [2.05, 4.69) is 9.88 Å². The number of hydrogen-bond acceptors (Lipinski definition) is 4. The predicted octanol–water partition coefficient (Wildman–Crippen LogP) is 1.44. The Bertz CT molecular complexity index is 663. The topological polar surface area (TPSA) is 67.7 Å². The van der Waals surface area contributed by atoms with Gasteiger partial charge in [0.15, 0.2) is 5.82 Å². The highest BCUT2D eigenvalue weighted by Crippen LogP contribution is 2.35. The molecule has 0 spiro atoms. The SMILES string of the molecule is Cn1ccnc1C(=O)N1CCCC(N(C(=O)C2CC2)C2CCOCC2)C1. The van der Waals surface area contributed by atoms with Crippen LogP contribution in [0.2, 0.25) is 0 Å². The van der Waals surface area contributed by atoms with Crippen LogP contribution in [0.1, 0.15) is 49.1 Å². The molecule has 7 heteroatoms. The lowest BCUT2D eigenvalue weighted by molar-refractivity contribution is -0.141. The van der Waals surface area contributed by atoms with Crippen LogP contribution in [0, 0.1) is 5.92 Å². The Morgan fingerprint density at radius 1 is 1.15 bits per heavy atom. The lowest BCUT2D eigenvalue weighted by atomic mass is 9.97. The summed E-state index contributed by atoms with van der Waals surface area (Å²) in [5, 5.41) is 0. The molecule has 3 heterocycles. The summed E-state index contributed by atoms with van der Waals surface area (Å²) in [6, 6.07) is 0.370. The molecule has 7 nitrogen and oxygen atoms in total. The first kappa shape index (κ1) is 17.5. The number of nitrogens with zero attached hydrogens (tertiary/aromatic N) is 4. The van der Waals surface area contributed by atoms with Gasteiger partial charge in [-0.2, -0.15) is 0 Å². The summed E-state index contributed by atoms with van der Waals surface area (Å²) >= 11 is 0. The number of carbonyl (C=O) groups excluding carboxylic acids is 2. The van der Waals surface area contributed by atoms with E-state index in [9.17, 15) is 9.59 Å². The Kier molecular flexibility index (Phi) is 4.98. The number of likely N-dealkylation sites (tertiary alicyclic amines) is 1. The van der Waals surface area contributed by atoms with Crippen molar-refractivity contribution in [2.24, 2.45) is 13.0 Å². The van der Waals surface area contributed by atoms with Crippen LogP contribution in [0.3, 0.4) is 0 Å². The van der Waals surface area contributed by atoms with Crippen molar-refractivity contribution >= 4 is 11.8 Å². The van der Waals surface area contributed by atoms with Crippen molar-refractivity contribution in [3.8, 4) is 0 Å². The molecule has 1 aromatic heterocycles. The van der Waals surface area contributed by atoms with Crippen LogP contribution >= 0.6 is 0 Å². The first-order valence-corrected chi connectivity index (χ1v) is 9.81. The van der Waals surface area contributed by atoms with Gasteiger partial charge < -0.3 is 19.1 Å². The minimum Gasteiger partial charge on any atom is -0.381 e. The number of ether oxygens (including phenoxy) is 1. The van der Waals surface area contributed by atoms with Gasteiger partial charge in [-0.3, -0.25) is 9.59 Å². The Hall–Kier alpha value is -1.89. The summed E-state index contributed by atoms with van der Waals surface area (Å²) in [4.78, 5) is 34.1. The van der Waals surface area contributed by atoms with Crippen molar-refractivity contribution in [3.05, 3.63) is 18.2 Å². The second-order valence-electron chi connectivity index (χ2n) is 7.77. The molecular weight excluding hydrogens is 332 g/mol. The van der Waals surface area contributed by atoms with Gasteiger partial charge in [-0.25, -0.2) is 4.98 Å². The fourth-order valence-corrected chi connectivity index (χ4v) is 4.24. The molecule has 1 aliphatic carbocycles. The van der Waals surface area contributed by atoms with Gasteiger partial charge in [0.05, 0.1) is 0 Å². The fourth-order valence-electron chi connectivity index (χ4n) is 4.24. The largest absolute Gasteiger partial charge is 0.381 e. The maximum absolute atomic E-state index is 13.0. The van der Waals surface area contributed by atoms with E-state index in [0.29, 0.717) is 18.3 Å². The summed E-state index contributed by atoms with van der Waals surface area (Å²) in [6.07, 6.45) is 9.19. The average molecular weight is 360 g/mol. The van der Waals surface area contributed by atoms with E-state index in [1.807, 2.05) is 11.9 Å².